The zero-order valence-electron chi connectivity index (χ0n) is 14.6. The molecule has 0 aliphatic rings. The van der Waals surface area contributed by atoms with Crippen LogP contribution >= 0.6 is 0 Å². The molecule has 1 N–H and O–H groups in total. The lowest BCUT2D eigenvalue weighted by Crippen LogP contribution is -2.12. The molecule has 2 rings (SSSR count). The molecular formula is C21H25FO3. The molecule has 0 aliphatic carbocycles. The molecule has 0 saturated carbocycles. The van der Waals surface area contributed by atoms with Crippen molar-refractivity contribution in [2.75, 3.05) is 6.61 Å². The Kier molecular flexibility index (Phi) is 7.45. The van der Waals surface area contributed by atoms with E-state index in [2.05, 4.69) is 6.92 Å². The van der Waals surface area contributed by atoms with Crippen molar-refractivity contribution in [2.45, 2.75) is 45.2 Å². The van der Waals surface area contributed by atoms with Crippen LogP contribution in [0.5, 0.6) is 5.75 Å². The van der Waals surface area contributed by atoms with Crippen molar-refractivity contribution in [1.82, 2.24) is 0 Å². The molecule has 2 aromatic rings. The van der Waals surface area contributed by atoms with Crippen molar-refractivity contribution in [1.29, 1.82) is 0 Å². The molecule has 2 aromatic carbocycles. The van der Waals surface area contributed by atoms with Crippen molar-refractivity contribution >= 4 is 5.97 Å². The minimum Gasteiger partial charge on any atom is -0.491 e. The summed E-state index contributed by atoms with van der Waals surface area (Å²) in [5.74, 6) is -0.298. The second-order valence-corrected chi connectivity index (χ2v) is 6.16. The molecule has 4 heteroatoms. The van der Waals surface area contributed by atoms with Gasteiger partial charge in [-0.2, -0.15) is 0 Å². The van der Waals surface area contributed by atoms with Crippen LogP contribution in [0.4, 0.5) is 4.39 Å². The normalized spacial score (nSPS) is 11.9. The smallest absolute Gasteiger partial charge is 0.335 e. The number of ether oxygens (including phenoxy) is 1. The average molecular weight is 344 g/mol. The van der Waals surface area contributed by atoms with Gasteiger partial charge >= 0.3 is 5.97 Å². The first-order valence-electron chi connectivity index (χ1n) is 8.81. The first kappa shape index (κ1) is 19.0. The van der Waals surface area contributed by atoms with Crippen LogP contribution in [0.25, 0.3) is 11.1 Å². The number of carboxylic acid groups (broad SMARTS) is 1. The van der Waals surface area contributed by atoms with E-state index in [1.54, 1.807) is 24.3 Å². The van der Waals surface area contributed by atoms with E-state index in [9.17, 15) is 9.18 Å². The van der Waals surface area contributed by atoms with Crippen LogP contribution in [0.2, 0.25) is 0 Å². The van der Waals surface area contributed by atoms with Crippen LogP contribution in [-0.4, -0.2) is 23.9 Å². The highest BCUT2D eigenvalue weighted by atomic mass is 19.1. The highest BCUT2D eigenvalue weighted by molar-refractivity contribution is 5.88. The number of hydrogen-bond donors (Lipinski definition) is 1. The average Bonchev–Trinajstić information content (AvgIpc) is 2.64. The SMILES string of the molecule is CCCCCCC(F)COc1ccc(-c2ccc(C(=O)O)cc2)cc1. The number of carboxylic acids is 1. The van der Waals surface area contributed by atoms with Gasteiger partial charge in [0.2, 0.25) is 0 Å². The van der Waals surface area contributed by atoms with Crippen LogP contribution in [0, 0.1) is 0 Å². The highest BCUT2D eigenvalue weighted by Gasteiger charge is 2.08. The summed E-state index contributed by atoms with van der Waals surface area (Å²) in [5, 5.41) is 8.92. The van der Waals surface area contributed by atoms with Crippen LogP contribution in [0.3, 0.4) is 0 Å². The Bertz CT molecular complexity index is 650. The van der Waals surface area contributed by atoms with Crippen molar-refractivity contribution in [2.24, 2.45) is 0 Å². The van der Waals surface area contributed by atoms with E-state index in [1.165, 1.54) is 0 Å². The Morgan fingerprint density at radius 2 is 1.60 bits per heavy atom. The van der Waals surface area contributed by atoms with E-state index in [0.29, 0.717) is 12.2 Å². The van der Waals surface area contributed by atoms with E-state index in [1.807, 2.05) is 24.3 Å². The van der Waals surface area contributed by atoms with Gasteiger partial charge in [0.15, 0.2) is 0 Å². The molecule has 0 heterocycles. The third-order valence-electron chi connectivity index (χ3n) is 4.12. The molecule has 0 aromatic heterocycles. The topological polar surface area (TPSA) is 46.5 Å². The Hall–Kier alpha value is -2.36. The molecule has 0 saturated heterocycles. The third-order valence-corrected chi connectivity index (χ3v) is 4.12. The number of rotatable bonds is 10. The van der Waals surface area contributed by atoms with Crippen molar-refractivity contribution in [3.8, 4) is 16.9 Å². The first-order chi connectivity index (χ1) is 12.1. The van der Waals surface area contributed by atoms with E-state index in [4.69, 9.17) is 9.84 Å². The lowest BCUT2D eigenvalue weighted by molar-refractivity contribution is 0.0697. The minimum atomic E-state index is -0.939. The Morgan fingerprint density at radius 3 is 2.16 bits per heavy atom. The second-order valence-electron chi connectivity index (χ2n) is 6.16. The Balaban J connectivity index is 1.84. The minimum absolute atomic E-state index is 0.0821. The number of carbonyl (C=O) groups is 1. The fourth-order valence-corrected chi connectivity index (χ4v) is 2.61. The van der Waals surface area contributed by atoms with Gasteiger partial charge in [-0.25, -0.2) is 9.18 Å². The van der Waals surface area contributed by atoms with Gasteiger partial charge in [0, 0.05) is 0 Å². The number of hydrogen-bond acceptors (Lipinski definition) is 2. The largest absolute Gasteiger partial charge is 0.491 e. The molecule has 0 radical (unpaired) electrons. The summed E-state index contributed by atoms with van der Waals surface area (Å²) < 4.78 is 19.3. The van der Waals surface area contributed by atoms with E-state index < -0.39 is 12.1 Å². The maximum atomic E-state index is 13.8. The molecule has 1 atom stereocenters. The zero-order valence-corrected chi connectivity index (χ0v) is 14.6. The van der Waals surface area contributed by atoms with Gasteiger partial charge in [-0.3, -0.25) is 0 Å². The van der Waals surface area contributed by atoms with Gasteiger partial charge < -0.3 is 9.84 Å². The quantitative estimate of drug-likeness (QED) is 0.559. The van der Waals surface area contributed by atoms with Gasteiger partial charge in [0.25, 0.3) is 0 Å². The van der Waals surface area contributed by atoms with E-state index in [0.717, 1.165) is 36.8 Å². The summed E-state index contributed by atoms with van der Waals surface area (Å²) >= 11 is 0. The highest BCUT2D eigenvalue weighted by Crippen LogP contribution is 2.23. The van der Waals surface area contributed by atoms with Gasteiger partial charge in [-0.05, 0) is 41.8 Å². The Labute approximate surface area is 148 Å². The molecule has 0 bridgehead atoms. The number of halogens is 1. The molecule has 1 unspecified atom stereocenters. The molecule has 0 amide bonds. The van der Waals surface area contributed by atoms with Crippen LogP contribution in [0.15, 0.2) is 48.5 Å². The van der Waals surface area contributed by atoms with Crippen molar-refractivity contribution < 1.29 is 19.0 Å². The van der Waals surface area contributed by atoms with Crippen molar-refractivity contribution in [3.63, 3.8) is 0 Å². The zero-order chi connectivity index (χ0) is 18.1. The summed E-state index contributed by atoms with van der Waals surface area (Å²) in [7, 11) is 0. The van der Waals surface area contributed by atoms with Crippen LogP contribution in [0.1, 0.15) is 49.4 Å². The molecule has 0 fully saturated rings. The fraction of sp³-hybridized carbons (Fsp3) is 0.381. The molecule has 0 aliphatic heterocycles. The maximum Gasteiger partial charge on any atom is 0.335 e. The maximum absolute atomic E-state index is 13.8. The number of aromatic carboxylic acids is 1. The van der Waals surface area contributed by atoms with Crippen LogP contribution in [-0.2, 0) is 0 Å². The van der Waals surface area contributed by atoms with E-state index >= 15 is 0 Å². The van der Waals surface area contributed by atoms with Crippen molar-refractivity contribution in [3.05, 3.63) is 54.1 Å². The fourth-order valence-electron chi connectivity index (χ4n) is 2.61. The predicted molar refractivity (Wildman–Crippen MR) is 98.0 cm³/mol. The molecule has 25 heavy (non-hydrogen) atoms. The van der Waals surface area contributed by atoms with Crippen LogP contribution < -0.4 is 4.74 Å². The summed E-state index contributed by atoms with van der Waals surface area (Å²) in [6, 6.07) is 14.1. The standard InChI is InChI=1S/C21H25FO3/c1-2-3-4-5-6-19(22)15-25-20-13-11-17(12-14-20)16-7-9-18(10-8-16)21(23)24/h7-14,19H,2-6,15H2,1H3,(H,23,24). The number of benzene rings is 2. The summed E-state index contributed by atoms with van der Waals surface area (Å²) in [6.45, 7) is 2.22. The molecule has 134 valence electrons. The van der Waals surface area contributed by atoms with Gasteiger partial charge in [0.05, 0.1) is 5.56 Å². The first-order valence-corrected chi connectivity index (χ1v) is 8.81. The predicted octanol–water partition coefficient (Wildman–Crippen LogP) is 5.74. The van der Waals surface area contributed by atoms with Gasteiger partial charge in [0.1, 0.15) is 18.5 Å². The number of unbranched alkanes of at least 4 members (excludes halogenated alkanes) is 3. The second kappa shape index (κ2) is 9.82. The summed E-state index contributed by atoms with van der Waals surface area (Å²) in [4.78, 5) is 10.9. The van der Waals surface area contributed by atoms with Gasteiger partial charge in [-0.15, -0.1) is 0 Å². The third kappa shape index (κ3) is 6.22. The summed E-state index contributed by atoms with van der Waals surface area (Å²) in [5.41, 5.74) is 2.15. The molecular weight excluding hydrogens is 319 g/mol. The molecule has 0 spiro atoms. The number of alkyl halides is 1. The Morgan fingerprint density at radius 1 is 1.00 bits per heavy atom. The summed E-state index contributed by atoms with van der Waals surface area (Å²) in [6.07, 6.45) is 3.91. The monoisotopic (exact) mass is 344 g/mol. The lowest BCUT2D eigenvalue weighted by Gasteiger charge is -2.11. The lowest BCUT2D eigenvalue weighted by atomic mass is 10.0. The van der Waals surface area contributed by atoms with E-state index in [-0.39, 0.29) is 12.2 Å². The molecule has 3 nitrogen and oxygen atoms in total. The van der Waals surface area contributed by atoms with Gasteiger partial charge in [-0.1, -0.05) is 56.9 Å².